The first kappa shape index (κ1) is 35.3. The fraction of sp³-hybridized carbons (Fsp3) is 0.611. The monoisotopic (exact) mass is 651 g/mol. The van der Waals surface area contributed by atoms with E-state index in [9.17, 15) is 20.4 Å². The van der Waals surface area contributed by atoms with E-state index in [-0.39, 0.29) is 18.4 Å². The molecule has 47 heavy (non-hydrogen) atoms. The minimum Gasteiger partial charge on any atom is -0.394 e. The number of nitrogens with zero attached hydrogens (tertiary/aromatic N) is 5. The molecule has 3 heterocycles. The first-order chi connectivity index (χ1) is 22.3. The van der Waals surface area contributed by atoms with Crippen molar-refractivity contribution in [1.29, 1.82) is 0 Å². The molecule has 5 atom stereocenters. The van der Waals surface area contributed by atoms with Crippen molar-refractivity contribution in [2.24, 2.45) is 0 Å². The van der Waals surface area contributed by atoms with E-state index in [0.29, 0.717) is 17.5 Å². The topological polar surface area (TPSA) is 137 Å². The van der Waals surface area contributed by atoms with Crippen molar-refractivity contribution in [3.05, 3.63) is 64.5 Å². The molecule has 0 saturated carbocycles. The van der Waals surface area contributed by atoms with Crippen LogP contribution >= 0.6 is 0 Å². The average Bonchev–Trinajstić information content (AvgIpc) is 3.72. The van der Waals surface area contributed by atoms with Gasteiger partial charge in [0.2, 0.25) is 0 Å². The molecule has 5 rings (SSSR count). The van der Waals surface area contributed by atoms with E-state index in [1.165, 1.54) is 33.6 Å². The molecule has 0 aliphatic carbocycles. The SMILES string of the molecule is CC(C)c1cccc(C(C)C)c1N1CCN(c2c(C(C)C)cc(-n3cc(CO[C@H]4O[C@H](CO)[C@@H](O)[C@H](O)[C@H]4O)nn3)cc2C(C)C)C1. The Balaban J connectivity index is 1.41. The van der Waals surface area contributed by atoms with Crippen LogP contribution in [-0.4, -0.2) is 92.5 Å². The van der Waals surface area contributed by atoms with Gasteiger partial charge in [-0.1, -0.05) is 78.8 Å². The van der Waals surface area contributed by atoms with Crippen LogP contribution in [0, 0.1) is 0 Å². The Morgan fingerprint density at radius 3 is 1.83 bits per heavy atom. The highest BCUT2D eigenvalue weighted by Gasteiger charge is 2.44. The lowest BCUT2D eigenvalue weighted by atomic mass is 9.91. The molecule has 2 saturated heterocycles. The summed E-state index contributed by atoms with van der Waals surface area (Å²) < 4.78 is 12.9. The third-order valence-electron chi connectivity index (χ3n) is 9.40. The summed E-state index contributed by atoms with van der Waals surface area (Å²) in [5, 5.41) is 48.6. The maximum Gasteiger partial charge on any atom is 0.187 e. The van der Waals surface area contributed by atoms with Crippen LogP contribution in [0.25, 0.3) is 5.69 Å². The number of aromatic nitrogens is 3. The first-order valence-corrected chi connectivity index (χ1v) is 17.0. The van der Waals surface area contributed by atoms with Crippen LogP contribution in [0.4, 0.5) is 11.4 Å². The molecular formula is C36H53N5O6. The van der Waals surface area contributed by atoms with Crippen molar-refractivity contribution in [3.63, 3.8) is 0 Å². The molecule has 4 N–H and O–H groups in total. The van der Waals surface area contributed by atoms with Gasteiger partial charge < -0.3 is 39.7 Å². The van der Waals surface area contributed by atoms with Gasteiger partial charge >= 0.3 is 0 Å². The Hall–Kier alpha value is -3.06. The van der Waals surface area contributed by atoms with Gasteiger partial charge in [-0.05, 0) is 58.1 Å². The molecule has 2 aliphatic rings. The Morgan fingerprint density at radius 2 is 1.32 bits per heavy atom. The summed E-state index contributed by atoms with van der Waals surface area (Å²) >= 11 is 0. The molecule has 0 spiro atoms. The van der Waals surface area contributed by atoms with E-state index in [4.69, 9.17) is 9.47 Å². The van der Waals surface area contributed by atoms with Gasteiger partial charge in [-0.3, -0.25) is 0 Å². The molecule has 0 amide bonds. The summed E-state index contributed by atoms with van der Waals surface area (Å²) in [6.45, 7) is 20.2. The molecule has 2 fully saturated rings. The second-order valence-corrected chi connectivity index (χ2v) is 14.2. The zero-order chi connectivity index (χ0) is 34.2. The summed E-state index contributed by atoms with van der Waals surface area (Å²) in [4.78, 5) is 5.10. The normalized spacial score (nSPS) is 23.7. The Kier molecular flexibility index (Phi) is 10.9. The first-order valence-electron chi connectivity index (χ1n) is 17.0. The number of rotatable bonds is 11. The van der Waals surface area contributed by atoms with Gasteiger partial charge in [-0.25, -0.2) is 4.68 Å². The maximum atomic E-state index is 10.3. The van der Waals surface area contributed by atoms with Crippen LogP contribution in [0.15, 0.2) is 36.5 Å². The van der Waals surface area contributed by atoms with Gasteiger partial charge in [0.1, 0.15) is 30.1 Å². The van der Waals surface area contributed by atoms with Gasteiger partial charge in [-0.2, -0.15) is 0 Å². The lowest BCUT2D eigenvalue weighted by Crippen LogP contribution is -2.59. The predicted octanol–water partition coefficient (Wildman–Crippen LogP) is 4.36. The van der Waals surface area contributed by atoms with Crippen molar-refractivity contribution in [2.75, 3.05) is 36.2 Å². The number of benzene rings is 2. The zero-order valence-electron chi connectivity index (χ0n) is 29.0. The van der Waals surface area contributed by atoms with E-state index < -0.39 is 37.3 Å². The number of para-hydroxylation sites is 1. The lowest BCUT2D eigenvalue weighted by molar-refractivity contribution is -0.304. The summed E-state index contributed by atoms with van der Waals surface area (Å²) in [7, 11) is 0. The minimum atomic E-state index is -1.51. The molecular weight excluding hydrogens is 598 g/mol. The van der Waals surface area contributed by atoms with Crippen molar-refractivity contribution < 1.29 is 29.9 Å². The zero-order valence-corrected chi connectivity index (χ0v) is 29.0. The van der Waals surface area contributed by atoms with Gasteiger partial charge in [0.15, 0.2) is 6.29 Å². The number of ether oxygens (including phenoxy) is 2. The molecule has 11 heteroatoms. The summed E-state index contributed by atoms with van der Waals surface area (Å²) in [5.41, 5.74) is 9.39. The predicted molar refractivity (Wildman–Crippen MR) is 182 cm³/mol. The summed E-state index contributed by atoms with van der Waals surface area (Å²) in [5.74, 6) is 1.40. The molecule has 0 bridgehead atoms. The summed E-state index contributed by atoms with van der Waals surface area (Å²) in [6.07, 6.45) is -4.92. The van der Waals surface area contributed by atoms with Crippen molar-refractivity contribution in [2.45, 2.75) is 116 Å². The van der Waals surface area contributed by atoms with Crippen LogP contribution in [0.5, 0.6) is 0 Å². The van der Waals surface area contributed by atoms with Crippen LogP contribution in [0.2, 0.25) is 0 Å². The van der Waals surface area contributed by atoms with E-state index in [0.717, 1.165) is 25.4 Å². The van der Waals surface area contributed by atoms with Gasteiger partial charge in [-0.15, -0.1) is 5.10 Å². The van der Waals surface area contributed by atoms with E-state index in [1.54, 1.807) is 10.9 Å². The largest absolute Gasteiger partial charge is 0.394 e. The lowest BCUT2D eigenvalue weighted by Gasteiger charge is -2.39. The van der Waals surface area contributed by atoms with Crippen LogP contribution in [0.1, 0.15) is 107 Å². The highest BCUT2D eigenvalue weighted by Crippen LogP contribution is 2.41. The van der Waals surface area contributed by atoms with Crippen molar-refractivity contribution in [3.8, 4) is 5.69 Å². The van der Waals surface area contributed by atoms with Crippen LogP contribution in [0.3, 0.4) is 0 Å². The molecule has 0 unspecified atom stereocenters. The number of hydrogen-bond acceptors (Lipinski definition) is 10. The van der Waals surface area contributed by atoms with Gasteiger partial charge in [0, 0.05) is 24.5 Å². The Labute approximate surface area is 278 Å². The van der Waals surface area contributed by atoms with E-state index in [1.807, 2.05) is 0 Å². The fourth-order valence-electron chi connectivity index (χ4n) is 6.74. The van der Waals surface area contributed by atoms with Crippen molar-refractivity contribution >= 4 is 11.4 Å². The fourth-order valence-corrected chi connectivity index (χ4v) is 6.74. The Morgan fingerprint density at radius 1 is 0.787 bits per heavy atom. The van der Waals surface area contributed by atoms with E-state index >= 15 is 0 Å². The quantitative estimate of drug-likeness (QED) is 0.237. The number of aliphatic hydroxyl groups is 4. The molecule has 11 nitrogen and oxygen atoms in total. The second-order valence-electron chi connectivity index (χ2n) is 14.2. The molecule has 0 radical (unpaired) electrons. The average molecular weight is 652 g/mol. The highest BCUT2D eigenvalue weighted by atomic mass is 16.7. The molecule has 258 valence electrons. The minimum absolute atomic E-state index is 0.0469. The number of aliphatic hydroxyl groups excluding tert-OH is 4. The highest BCUT2D eigenvalue weighted by molar-refractivity contribution is 5.69. The third kappa shape index (κ3) is 7.21. The maximum absolute atomic E-state index is 10.3. The van der Waals surface area contributed by atoms with Gasteiger partial charge in [0.05, 0.1) is 31.8 Å². The molecule has 3 aromatic rings. The molecule has 2 aromatic carbocycles. The third-order valence-corrected chi connectivity index (χ3v) is 9.40. The number of anilines is 2. The van der Waals surface area contributed by atoms with E-state index in [2.05, 4.69) is 106 Å². The number of hydrogen-bond donors (Lipinski definition) is 4. The molecule has 1 aromatic heterocycles. The smallest absolute Gasteiger partial charge is 0.187 e. The van der Waals surface area contributed by atoms with Crippen molar-refractivity contribution in [1.82, 2.24) is 15.0 Å². The van der Waals surface area contributed by atoms with Gasteiger partial charge in [0.25, 0.3) is 0 Å². The summed E-state index contributed by atoms with van der Waals surface area (Å²) in [6, 6.07) is 11.2. The second kappa shape index (κ2) is 14.6. The van der Waals surface area contributed by atoms with Crippen LogP contribution < -0.4 is 9.80 Å². The standard InChI is InChI=1S/C36H53N5O6/c1-20(2)26-10-9-11-27(21(3)4)31(26)39-12-13-40(19-39)32-28(22(5)6)14-25(15-29(32)23(7)8)41-16-24(37-38-41)18-46-36-35(45)34(44)33(43)30(17-42)47-36/h9-11,14-16,20-23,30,33-36,42-45H,12-13,17-19H2,1-8H3/t30-,33-,34+,35-,36+/m1/s1. The molecule has 2 aliphatic heterocycles. The Bertz CT molecular complexity index is 1450. The van der Waals surface area contributed by atoms with Crippen LogP contribution in [-0.2, 0) is 16.1 Å².